The molecular formula is C48H74N5O8+. The molecule has 3 heterocycles. The zero-order valence-electron chi connectivity index (χ0n) is 37.6. The summed E-state index contributed by atoms with van der Waals surface area (Å²) in [5.41, 5.74) is 3.89. The molecule has 61 heavy (non-hydrogen) atoms. The Kier molecular flexibility index (Phi) is 30.5. The van der Waals surface area contributed by atoms with Crippen LogP contribution in [0.5, 0.6) is 0 Å². The van der Waals surface area contributed by atoms with E-state index in [0.717, 1.165) is 28.3 Å². The lowest BCUT2D eigenvalue weighted by molar-refractivity contribution is -0.199. The molecule has 0 aliphatic carbocycles. The smallest absolute Gasteiger partial charge is 0.335 e. The fraction of sp³-hybridized carbons (Fsp3) is 0.521. The van der Waals surface area contributed by atoms with Crippen LogP contribution in [-0.2, 0) is 44.9 Å². The van der Waals surface area contributed by atoms with Crippen LogP contribution in [0.25, 0.3) is 0 Å². The summed E-state index contributed by atoms with van der Waals surface area (Å²) in [4.78, 5) is 78.2. The molecule has 0 N–H and O–H groups in total. The van der Waals surface area contributed by atoms with E-state index in [1.165, 1.54) is 17.1 Å². The SMILES string of the molecule is C.C.C=[N+]=NC(C)C.CC(C)C.CC(C)C(=O)N1Cc2ccccc2C#Cc2ccccc21.CC(C)C(=O)ON1C(=O)CCC1=O.CC(C)N1C(=O)C=CC1=O.COC(C)C. The van der Waals surface area contributed by atoms with Crippen LogP contribution in [0.4, 0.5) is 5.69 Å². The molecule has 2 aromatic rings. The van der Waals surface area contributed by atoms with Gasteiger partial charge in [-0.1, -0.05) is 105 Å². The number of hydrogen-bond acceptors (Lipinski definition) is 9. The quantitative estimate of drug-likeness (QED) is 0.0917. The fourth-order valence-electron chi connectivity index (χ4n) is 4.43. The Bertz CT molecular complexity index is 1810. The molecule has 1 saturated heterocycles. The van der Waals surface area contributed by atoms with Crippen molar-refractivity contribution in [2.45, 2.75) is 142 Å². The maximum Gasteiger partial charge on any atom is 0.335 e. The third-order valence-corrected chi connectivity index (χ3v) is 7.43. The van der Waals surface area contributed by atoms with Gasteiger partial charge in [-0.2, -0.15) is 0 Å². The van der Waals surface area contributed by atoms with Gasteiger partial charge < -0.3 is 14.5 Å². The summed E-state index contributed by atoms with van der Waals surface area (Å²) in [6.07, 6.45) is 3.23. The summed E-state index contributed by atoms with van der Waals surface area (Å²) in [6, 6.07) is 16.1. The van der Waals surface area contributed by atoms with E-state index in [1.807, 2.05) is 109 Å². The second-order valence-electron chi connectivity index (χ2n) is 15.5. The van der Waals surface area contributed by atoms with Gasteiger partial charge in [-0.25, -0.2) is 4.79 Å². The van der Waals surface area contributed by atoms with Crippen molar-refractivity contribution in [2.24, 2.45) is 22.9 Å². The number of rotatable bonds is 6. The van der Waals surface area contributed by atoms with Crippen molar-refractivity contribution in [1.29, 1.82) is 0 Å². The van der Waals surface area contributed by atoms with E-state index >= 15 is 0 Å². The summed E-state index contributed by atoms with van der Waals surface area (Å²) in [5.74, 6) is 5.12. The fourth-order valence-corrected chi connectivity index (χ4v) is 4.43. The highest BCUT2D eigenvalue weighted by atomic mass is 16.7. The minimum atomic E-state index is -0.566. The molecule has 0 bridgehead atoms. The molecule has 338 valence electrons. The average molecular weight is 849 g/mol. The van der Waals surface area contributed by atoms with E-state index in [0.29, 0.717) is 23.8 Å². The van der Waals surface area contributed by atoms with Crippen molar-refractivity contribution in [2.75, 3.05) is 12.0 Å². The standard InChI is InChI=1S/C19H17NO.C8H11NO4.C7H9NO2.C4H9N2.C4H10O.C4H10.2CH4/c1-14(2)19(21)20-13-17-9-4-3-7-15(17)11-12-16-8-5-6-10-18(16)20;1-5(2)8(12)13-9-6(10)3-4-7(9)11;1-5(2)8-6(9)3-4-7(8)10;1-4(2)6-5-3;1-4(2)5-3;1-4(2)3;;/h3-10,14H,13H2,1-2H3;5H,3-4H2,1-2H3;3-5H,1-2H3;4H,3H2,1-2H3;4H,1-3H3;4H,1-3H3;2*1H4/q;;;+1;;;;. The van der Waals surface area contributed by atoms with E-state index in [1.54, 1.807) is 21.0 Å². The van der Waals surface area contributed by atoms with Crippen LogP contribution in [0, 0.1) is 29.6 Å². The Morgan fingerprint density at radius 2 is 1.16 bits per heavy atom. The van der Waals surface area contributed by atoms with Crippen LogP contribution in [0.2, 0.25) is 0 Å². The Morgan fingerprint density at radius 1 is 0.721 bits per heavy atom. The van der Waals surface area contributed by atoms with Gasteiger partial charge in [0.05, 0.1) is 29.4 Å². The first-order valence-electron chi connectivity index (χ1n) is 19.9. The third kappa shape index (κ3) is 23.0. The van der Waals surface area contributed by atoms with Gasteiger partial charge in [-0.05, 0) is 71.2 Å². The first-order valence-corrected chi connectivity index (χ1v) is 19.9. The average Bonchev–Trinajstić information content (AvgIpc) is 3.67. The maximum absolute atomic E-state index is 12.6. The first-order chi connectivity index (χ1) is 27.6. The third-order valence-electron chi connectivity index (χ3n) is 7.43. The Morgan fingerprint density at radius 3 is 1.54 bits per heavy atom. The van der Waals surface area contributed by atoms with Gasteiger partial charge >= 0.3 is 5.97 Å². The van der Waals surface area contributed by atoms with Crippen molar-refractivity contribution in [1.82, 2.24) is 9.96 Å². The predicted octanol–water partition coefficient (Wildman–Crippen LogP) is 8.89. The number of nitrogens with zero attached hydrogens (tertiary/aromatic N) is 5. The van der Waals surface area contributed by atoms with Crippen molar-refractivity contribution in [3.63, 3.8) is 0 Å². The summed E-state index contributed by atoms with van der Waals surface area (Å²) in [5, 5.41) is 4.20. The van der Waals surface area contributed by atoms with Crippen LogP contribution in [-0.4, -0.2) is 82.3 Å². The normalized spacial score (nSPS) is 13.0. The Labute approximate surface area is 366 Å². The lowest BCUT2D eigenvalue weighted by Crippen LogP contribution is -2.36. The van der Waals surface area contributed by atoms with Crippen LogP contribution >= 0.6 is 0 Å². The summed E-state index contributed by atoms with van der Waals surface area (Å²) in [6.45, 7) is 28.9. The van der Waals surface area contributed by atoms with E-state index in [2.05, 4.69) is 54.1 Å². The molecule has 3 aliphatic rings. The van der Waals surface area contributed by atoms with Crippen molar-refractivity contribution >= 4 is 47.9 Å². The number of carbonyl (C=O) groups is 6. The van der Waals surface area contributed by atoms with Crippen molar-refractivity contribution in [3.8, 4) is 11.8 Å². The number of benzene rings is 2. The molecule has 0 unspecified atom stereocenters. The van der Waals surface area contributed by atoms with Crippen LogP contribution in [0.3, 0.4) is 0 Å². The lowest BCUT2D eigenvalue weighted by Gasteiger charge is -2.27. The number of imide groups is 2. The second kappa shape index (κ2) is 31.2. The van der Waals surface area contributed by atoms with Gasteiger partial charge in [-0.15, -0.1) is 5.06 Å². The minimum Gasteiger partial charge on any atom is -0.382 e. The molecule has 13 nitrogen and oxygen atoms in total. The highest BCUT2D eigenvalue weighted by Crippen LogP contribution is 2.26. The number of fused-ring (bicyclic) bond motifs is 2. The Hall–Kier alpha value is -5.70. The zero-order chi connectivity index (χ0) is 45.4. The number of carbonyl (C=O) groups excluding carboxylic acids is 6. The van der Waals surface area contributed by atoms with E-state index in [4.69, 9.17) is 4.74 Å². The minimum absolute atomic E-state index is 0. The molecule has 0 saturated carbocycles. The largest absolute Gasteiger partial charge is 0.382 e. The van der Waals surface area contributed by atoms with E-state index in [-0.39, 0.29) is 63.3 Å². The molecule has 0 aromatic heterocycles. The molecule has 5 amide bonds. The molecule has 0 radical (unpaired) electrons. The molecule has 13 heteroatoms. The Balaban J connectivity index is -0.000000729. The van der Waals surface area contributed by atoms with Crippen molar-refractivity contribution < 1.29 is 43.1 Å². The highest BCUT2D eigenvalue weighted by Gasteiger charge is 2.33. The number of methoxy groups -OCH3 is 1. The molecule has 5 rings (SSSR count). The molecule has 0 atom stereocenters. The maximum atomic E-state index is 12.6. The van der Waals surface area contributed by atoms with Gasteiger partial charge in [0.2, 0.25) is 5.91 Å². The van der Waals surface area contributed by atoms with Crippen molar-refractivity contribution in [3.05, 3.63) is 77.4 Å². The number of hydroxylamine groups is 2. The summed E-state index contributed by atoms with van der Waals surface area (Å²) in [7, 11) is 1.70. The monoisotopic (exact) mass is 849 g/mol. The number of amides is 5. The lowest BCUT2D eigenvalue weighted by atomic mass is 10.0. The summed E-state index contributed by atoms with van der Waals surface area (Å²) < 4.78 is 4.75. The van der Waals surface area contributed by atoms with Gasteiger partial charge in [0.25, 0.3) is 30.3 Å². The zero-order valence-corrected chi connectivity index (χ0v) is 37.6. The summed E-state index contributed by atoms with van der Waals surface area (Å²) >= 11 is 0. The van der Waals surface area contributed by atoms with Crippen LogP contribution in [0.15, 0.2) is 65.8 Å². The van der Waals surface area contributed by atoms with Crippen LogP contribution in [0.1, 0.15) is 134 Å². The van der Waals surface area contributed by atoms with Gasteiger partial charge in [0.1, 0.15) is 6.04 Å². The second-order valence-corrected chi connectivity index (χ2v) is 15.5. The molecular weight excluding hydrogens is 775 g/mol. The van der Waals surface area contributed by atoms with Gasteiger partial charge in [0, 0.05) is 60.0 Å². The van der Waals surface area contributed by atoms with Gasteiger partial charge in [-0.3, -0.25) is 28.9 Å². The predicted molar refractivity (Wildman–Crippen MR) is 244 cm³/mol. The number of ether oxygens (including phenoxy) is 1. The van der Waals surface area contributed by atoms with E-state index in [9.17, 15) is 28.8 Å². The highest BCUT2D eigenvalue weighted by molar-refractivity contribution is 6.13. The van der Waals surface area contributed by atoms with Gasteiger partial charge in [0.15, 0.2) is 0 Å². The topological polar surface area (TPSA) is 157 Å². The molecule has 3 aliphatic heterocycles. The number of anilines is 1. The van der Waals surface area contributed by atoms with Crippen LogP contribution < -0.4 is 4.90 Å². The van der Waals surface area contributed by atoms with E-state index < -0.39 is 17.8 Å². The first kappa shape index (κ1) is 59.6. The number of para-hydroxylation sites is 1. The molecule has 2 aromatic carbocycles. The number of hydrogen-bond donors (Lipinski definition) is 0. The molecule has 0 spiro atoms. The molecule has 1 fully saturated rings.